The molecule has 2 aromatic carbocycles. The van der Waals surface area contributed by atoms with Crippen LogP contribution in [0.1, 0.15) is 40.0 Å². The predicted octanol–water partition coefficient (Wildman–Crippen LogP) is 5.91. The number of halogens is 2. The quantitative estimate of drug-likeness (QED) is 0.214. The third-order valence-electron chi connectivity index (χ3n) is 6.46. The van der Waals surface area contributed by atoms with E-state index in [0.717, 1.165) is 0 Å². The molecule has 1 saturated heterocycles. The van der Waals surface area contributed by atoms with Crippen LogP contribution in [0.25, 0.3) is 10.9 Å². The van der Waals surface area contributed by atoms with Crippen LogP contribution in [0.3, 0.4) is 0 Å². The van der Waals surface area contributed by atoms with E-state index in [9.17, 15) is 24.1 Å². The maximum Gasteiger partial charge on any atom is 0.410 e. The Morgan fingerprint density at radius 2 is 1.90 bits per heavy atom. The van der Waals surface area contributed by atoms with Gasteiger partial charge in [0.25, 0.3) is 0 Å². The van der Waals surface area contributed by atoms with Gasteiger partial charge in [-0.15, -0.1) is 0 Å². The Hall–Kier alpha value is -4.07. The summed E-state index contributed by atoms with van der Waals surface area (Å²) in [7, 11) is 0. The van der Waals surface area contributed by atoms with Crippen molar-refractivity contribution in [1.29, 1.82) is 0 Å². The van der Waals surface area contributed by atoms with Crippen LogP contribution in [-0.4, -0.2) is 63.6 Å². The van der Waals surface area contributed by atoms with Gasteiger partial charge in [-0.2, -0.15) is 0 Å². The number of hydrogen-bond acceptors (Lipinski definition) is 9. The number of nitro groups is 1. The second-order valence-corrected chi connectivity index (χ2v) is 11.8. The van der Waals surface area contributed by atoms with E-state index in [1.807, 2.05) is 20.8 Å². The van der Waals surface area contributed by atoms with E-state index in [0.29, 0.717) is 59.5 Å². The van der Waals surface area contributed by atoms with Crippen molar-refractivity contribution in [3.8, 4) is 5.75 Å². The summed E-state index contributed by atoms with van der Waals surface area (Å²) in [6.07, 6.45) is 2.06. The second-order valence-electron chi connectivity index (χ2n) is 10.9. The molecule has 4 rings (SSSR count). The zero-order chi connectivity index (χ0) is 30.4. The number of ether oxygens (including phenoxy) is 2. The molecule has 14 heteroatoms. The minimum Gasteiger partial charge on any atom is -0.491 e. The highest BCUT2D eigenvalue weighted by Crippen LogP contribution is 2.35. The molecule has 224 valence electrons. The van der Waals surface area contributed by atoms with E-state index in [4.69, 9.17) is 9.47 Å². The number of nitrogens with one attached hydrogen (secondary N) is 2. The monoisotopic (exact) mass is 646 g/mol. The second kappa shape index (κ2) is 13.3. The third-order valence-corrected chi connectivity index (χ3v) is 6.95. The number of hydrogen-bond donors (Lipinski definition) is 2. The van der Waals surface area contributed by atoms with Gasteiger partial charge in [0, 0.05) is 33.9 Å². The fourth-order valence-corrected chi connectivity index (χ4v) is 4.67. The predicted molar refractivity (Wildman–Crippen MR) is 158 cm³/mol. The van der Waals surface area contributed by atoms with E-state index in [1.54, 1.807) is 29.2 Å². The van der Waals surface area contributed by atoms with Gasteiger partial charge in [-0.05, 0) is 63.8 Å². The summed E-state index contributed by atoms with van der Waals surface area (Å²) in [5.41, 5.74) is 0.367. The third kappa shape index (κ3) is 8.47. The van der Waals surface area contributed by atoms with E-state index in [2.05, 4.69) is 36.5 Å². The van der Waals surface area contributed by atoms with Crippen LogP contribution < -0.4 is 15.4 Å². The molecule has 2 heterocycles. The molecule has 12 nitrogen and oxygen atoms in total. The number of piperidine rings is 1. The van der Waals surface area contributed by atoms with Gasteiger partial charge in [-0.3, -0.25) is 14.9 Å². The first-order chi connectivity index (χ1) is 19.9. The Balaban J connectivity index is 1.53. The van der Waals surface area contributed by atoms with E-state index >= 15 is 0 Å². The number of nitrogens with zero attached hydrogens (tertiary/aromatic N) is 4. The first-order valence-corrected chi connectivity index (χ1v) is 14.2. The highest BCUT2D eigenvalue weighted by Gasteiger charge is 2.27. The molecule has 2 N–H and O–H groups in total. The molecule has 0 aliphatic carbocycles. The molecule has 3 aromatic rings. The van der Waals surface area contributed by atoms with Crippen molar-refractivity contribution in [2.45, 2.75) is 45.6 Å². The van der Waals surface area contributed by atoms with Gasteiger partial charge in [-0.25, -0.2) is 19.2 Å². The maximum absolute atomic E-state index is 14.5. The molecule has 0 bridgehead atoms. The number of carbonyl (C=O) groups excluding carboxylic acids is 2. The van der Waals surface area contributed by atoms with Crippen LogP contribution >= 0.6 is 15.9 Å². The number of amides is 2. The first kappa shape index (κ1) is 30.9. The lowest BCUT2D eigenvalue weighted by molar-refractivity contribution is -0.478. The molecular formula is C28H32BrFN6O6. The van der Waals surface area contributed by atoms with Crippen molar-refractivity contribution < 1.29 is 28.4 Å². The Kier molecular flexibility index (Phi) is 9.76. The highest BCUT2D eigenvalue weighted by atomic mass is 79.9. The lowest BCUT2D eigenvalue weighted by Crippen LogP contribution is -2.42. The molecule has 0 atom stereocenters. The largest absolute Gasteiger partial charge is 0.491 e. The summed E-state index contributed by atoms with van der Waals surface area (Å²) in [6.45, 7) is 6.32. The molecule has 42 heavy (non-hydrogen) atoms. The number of likely N-dealkylation sites (tertiary alicyclic amines) is 1. The molecule has 0 spiro atoms. The van der Waals surface area contributed by atoms with Gasteiger partial charge in [-0.1, -0.05) is 15.9 Å². The Morgan fingerprint density at radius 3 is 2.57 bits per heavy atom. The summed E-state index contributed by atoms with van der Waals surface area (Å²) < 4.78 is 26.7. The van der Waals surface area contributed by atoms with Gasteiger partial charge < -0.3 is 25.0 Å². The molecule has 1 fully saturated rings. The van der Waals surface area contributed by atoms with Gasteiger partial charge in [0.1, 0.15) is 29.3 Å². The zero-order valence-electron chi connectivity index (χ0n) is 23.5. The van der Waals surface area contributed by atoms with Gasteiger partial charge in [0.05, 0.1) is 29.9 Å². The van der Waals surface area contributed by atoms with Gasteiger partial charge >= 0.3 is 6.09 Å². The van der Waals surface area contributed by atoms with Crippen LogP contribution in [0, 0.1) is 21.8 Å². The van der Waals surface area contributed by atoms with Crippen molar-refractivity contribution in [2.75, 3.05) is 36.9 Å². The van der Waals surface area contributed by atoms with Crippen LogP contribution in [0.15, 0.2) is 41.1 Å². The van der Waals surface area contributed by atoms with E-state index < -0.39 is 28.8 Å². The number of benzene rings is 2. The Morgan fingerprint density at radius 1 is 1.17 bits per heavy atom. The summed E-state index contributed by atoms with van der Waals surface area (Å²) in [6, 6.07) is 7.79. The minimum atomic E-state index is -0.570. The van der Waals surface area contributed by atoms with E-state index in [1.165, 1.54) is 12.4 Å². The molecule has 0 unspecified atom stereocenters. The molecule has 1 aliphatic heterocycles. The van der Waals surface area contributed by atoms with Gasteiger partial charge in [0.15, 0.2) is 0 Å². The fraction of sp³-hybridized carbons (Fsp3) is 0.429. The van der Waals surface area contributed by atoms with Crippen LogP contribution in [0.2, 0.25) is 0 Å². The normalized spacial score (nSPS) is 14.0. The molecular weight excluding hydrogens is 615 g/mol. The zero-order valence-corrected chi connectivity index (χ0v) is 25.1. The molecule has 2 amide bonds. The number of aromatic nitrogens is 2. The van der Waals surface area contributed by atoms with Crippen LogP contribution in [0.5, 0.6) is 5.75 Å². The molecule has 1 aromatic heterocycles. The average molecular weight is 648 g/mol. The Labute approximate surface area is 250 Å². The molecule has 0 radical (unpaired) electrons. The SMILES string of the molecule is CC(C)(C)OC(=O)N1CCC(COc2cc3ncnc(Nc4ccc(Br)cc4F)c3cc2NC(=O)CC[N+](=O)[O-])CC1. The van der Waals surface area contributed by atoms with Gasteiger partial charge in [0.2, 0.25) is 12.5 Å². The number of fused-ring (bicyclic) bond motifs is 1. The lowest BCUT2D eigenvalue weighted by atomic mass is 9.98. The van der Waals surface area contributed by atoms with Crippen LogP contribution in [-0.2, 0) is 9.53 Å². The summed E-state index contributed by atoms with van der Waals surface area (Å²) in [4.78, 5) is 45.4. The standard InChI is InChI=1S/C28H32BrFN6O6/c1-28(2,3)42-27(38)35-9-6-17(7-10-35)15-41-24-14-22-19(13-23(24)33-25(37)8-11-36(39)40)26(32-16-31-22)34-21-5-4-18(29)12-20(21)30/h4-5,12-14,16-17H,6-11,15H2,1-3H3,(H,33,37)(H,31,32,34). The Bertz CT molecular complexity index is 1480. The van der Waals surface area contributed by atoms with E-state index in [-0.39, 0.29) is 29.8 Å². The smallest absolute Gasteiger partial charge is 0.410 e. The average Bonchev–Trinajstić information content (AvgIpc) is 2.92. The summed E-state index contributed by atoms with van der Waals surface area (Å²) in [5.74, 6) is -0.302. The number of rotatable bonds is 9. The van der Waals surface area contributed by atoms with Crippen molar-refractivity contribution in [2.24, 2.45) is 5.92 Å². The fourth-order valence-electron chi connectivity index (χ4n) is 4.34. The highest BCUT2D eigenvalue weighted by molar-refractivity contribution is 9.10. The number of anilines is 3. The topological polar surface area (TPSA) is 149 Å². The van der Waals surface area contributed by atoms with Crippen molar-refractivity contribution in [1.82, 2.24) is 14.9 Å². The summed E-state index contributed by atoms with van der Waals surface area (Å²) in [5, 5.41) is 16.9. The number of carbonyl (C=O) groups is 2. The van der Waals surface area contributed by atoms with Crippen molar-refractivity contribution in [3.05, 3.63) is 57.1 Å². The van der Waals surface area contributed by atoms with Crippen LogP contribution in [0.4, 0.5) is 26.4 Å². The first-order valence-electron chi connectivity index (χ1n) is 13.4. The van der Waals surface area contributed by atoms with Crippen molar-refractivity contribution in [3.63, 3.8) is 0 Å². The molecule has 0 saturated carbocycles. The minimum absolute atomic E-state index is 0.139. The molecule has 1 aliphatic rings. The lowest BCUT2D eigenvalue weighted by Gasteiger charge is -2.33. The summed E-state index contributed by atoms with van der Waals surface area (Å²) >= 11 is 3.23. The van der Waals surface area contributed by atoms with Crippen molar-refractivity contribution >= 4 is 56.0 Å². The maximum atomic E-state index is 14.5.